The molecule has 0 heterocycles. The summed E-state index contributed by atoms with van der Waals surface area (Å²) in [6.07, 6.45) is 0. The Morgan fingerprint density at radius 1 is 1.42 bits per heavy atom. The molecule has 0 saturated carbocycles. The molecule has 0 atom stereocenters. The van der Waals surface area contributed by atoms with Gasteiger partial charge >= 0.3 is 0 Å². The second kappa shape index (κ2) is 3.03. The summed E-state index contributed by atoms with van der Waals surface area (Å²) in [4.78, 5) is 10.9. The van der Waals surface area contributed by atoms with Crippen LogP contribution < -0.4 is 0 Å². The van der Waals surface area contributed by atoms with Gasteiger partial charge in [0.15, 0.2) is 17.3 Å². The standard InChI is InChI=1S/C8H7ClO3/c1-4(10)5-2-3-6(11)8(12)7(5)9/h2-3,11-12H,1H3. The molecule has 0 aliphatic carbocycles. The number of hydrogen-bond donors (Lipinski definition) is 2. The molecule has 1 rings (SSSR count). The number of benzene rings is 1. The number of rotatable bonds is 1. The topological polar surface area (TPSA) is 57.5 Å². The van der Waals surface area contributed by atoms with Crippen LogP contribution in [-0.4, -0.2) is 16.0 Å². The van der Waals surface area contributed by atoms with Crippen molar-refractivity contribution < 1.29 is 15.0 Å². The van der Waals surface area contributed by atoms with Gasteiger partial charge in [-0.3, -0.25) is 4.79 Å². The van der Waals surface area contributed by atoms with Crippen molar-refractivity contribution in [3.8, 4) is 11.5 Å². The van der Waals surface area contributed by atoms with Crippen LogP contribution in [0.3, 0.4) is 0 Å². The first-order chi connectivity index (χ1) is 5.54. The van der Waals surface area contributed by atoms with Crippen LogP contribution in [0.15, 0.2) is 12.1 Å². The fourth-order valence-corrected chi connectivity index (χ4v) is 1.12. The van der Waals surface area contributed by atoms with Crippen molar-refractivity contribution in [2.45, 2.75) is 6.92 Å². The van der Waals surface area contributed by atoms with Crippen molar-refractivity contribution in [3.05, 3.63) is 22.7 Å². The molecule has 1 aromatic rings. The van der Waals surface area contributed by atoms with Gasteiger partial charge in [0.25, 0.3) is 0 Å². The van der Waals surface area contributed by atoms with Gasteiger partial charge in [0.05, 0.1) is 5.02 Å². The molecule has 0 radical (unpaired) electrons. The number of phenolic OH excluding ortho intramolecular Hbond substituents is 2. The maximum atomic E-state index is 10.9. The van der Waals surface area contributed by atoms with Crippen molar-refractivity contribution in [1.29, 1.82) is 0 Å². The maximum absolute atomic E-state index is 10.9. The Morgan fingerprint density at radius 3 is 2.50 bits per heavy atom. The number of hydrogen-bond acceptors (Lipinski definition) is 3. The van der Waals surface area contributed by atoms with Gasteiger partial charge < -0.3 is 10.2 Å². The number of aromatic hydroxyl groups is 2. The number of halogens is 1. The normalized spacial score (nSPS) is 9.83. The highest BCUT2D eigenvalue weighted by molar-refractivity contribution is 6.35. The number of Topliss-reactive ketones (excluding diaryl/α,β-unsaturated/α-hetero) is 1. The number of carbonyl (C=O) groups is 1. The van der Waals surface area contributed by atoms with Crippen LogP contribution in [0.2, 0.25) is 5.02 Å². The van der Waals surface area contributed by atoms with Crippen LogP contribution in [-0.2, 0) is 0 Å². The first-order valence-corrected chi connectivity index (χ1v) is 3.63. The Kier molecular flexibility index (Phi) is 2.24. The molecule has 0 saturated heterocycles. The summed E-state index contributed by atoms with van der Waals surface area (Å²) in [5, 5.41) is 18.0. The molecule has 64 valence electrons. The lowest BCUT2D eigenvalue weighted by atomic mass is 10.1. The summed E-state index contributed by atoms with van der Waals surface area (Å²) in [5.41, 5.74) is 0.201. The summed E-state index contributed by atoms with van der Waals surface area (Å²) >= 11 is 5.56. The minimum Gasteiger partial charge on any atom is -0.504 e. The molecule has 0 aliphatic heterocycles. The van der Waals surface area contributed by atoms with E-state index in [0.717, 1.165) is 0 Å². The van der Waals surface area contributed by atoms with Crippen molar-refractivity contribution in [1.82, 2.24) is 0 Å². The zero-order valence-corrected chi connectivity index (χ0v) is 7.09. The maximum Gasteiger partial charge on any atom is 0.177 e. The molecule has 0 unspecified atom stereocenters. The van der Waals surface area contributed by atoms with Crippen molar-refractivity contribution in [3.63, 3.8) is 0 Å². The van der Waals surface area contributed by atoms with E-state index < -0.39 is 5.75 Å². The lowest BCUT2D eigenvalue weighted by Crippen LogP contribution is -1.92. The minimum absolute atomic E-state index is 0.109. The Labute approximate surface area is 74.2 Å². The highest BCUT2D eigenvalue weighted by atomic mass is 35.5. The van der Waals surface area contributed by atoms with E-state index in [0.29, 0.717) is 0 Å². The largest absolute Gasteiger partial charge is 0.504 e. The van der Waals surface area contributed by atoms with Crippen LogP contribution in [0, 0.1) is 0 Å². The summed E-state index contributed by atoms with van der Waals surface area (Å²) in [5.74, 6) is -1.04. The second-order valence-corrected chi connectivity index (χ2v) is 2.73. The molecule has 0 spiro atoms. The van der Waals surface area contributed by atoms with Gasteiger partial charge in [-0.15, -0.1) is 0 Å². The summed E-state index contributed by atoms with van der Waals surface area (Å²) in [6, 6.07) is 2.58. The third-order valence-electron chi connectivity index (χ3n) is 1.47. The lowest BCUT2D eigenvalue weighted by molar-refractivity contribution is 0.101. The third kappa shape index (κ3) is 1.36. The SMILES string of the molecule is CC(=O)c1ccc(O)c(O)c1Cl. The van der Waals surface area contributed by atoms with Crippen LogP contribution >= 0.6 is 11.6 Å². The zero-order valence-electron chi connectivity index (χ0n) is 6.34. The van der Waals surface area contributed by atoms with Gasteiger partial charge in [0.1, 0.15) is 0 Å². The third-order valence-corrected chi connectivity index (χ3v) is 1.86. The lowest BCUT2D eigenvalue weighted by Gasteiger charge is -2.03. The highest BCUT2D eigenvalue weighted by Crippen LogP contribution is 2.35. The zero-order chi connectivity index (χ0) is 9.30. The Bertz CT molecular complexity index is 333. The molecule has 0 aliphatic rings. The minimum atomic E-state index is -0.454. The van der Waals surface area contributed by atoms with Crippen LogP contribution in [0.1, 0.15) is 17.3 Å². The predicted octanol–water partition coefficient (Wildman–Crippen LogP) is 1.95. The van der Waals surface area contributed by atoms with Crippen molar-refractivity contribution in [2.24, 2.45) is 0 Å². The van der Waals surface area contributed by atoms with Gasteiger partial charge in [-0.1, -0.05) is 11.6 Å². The molecule has 4 heteroatoms. The molecular weight excluding hydrogens is 180 g/mol. The van der Waals surface area contributed by atoms with Crippen molar-refractivity contribution in [2.75, 3.05) is 0 Å². The molecular formula is C8H7ClO3. The number of phenols is 2. The van der Waals surface area contributed by atoms with Crippen molar-refractivity contribution >= 4 is 17.4 Å². The van der Waals surface area contributed by atoms with Gasteiger partial charge in [-0.25, -0.2) is 0 Å². The van der Waals surface area contributed by atoms with E-state index in [4.69, 9.17) is 21.8 Å². The van der Waals surface area contributed by atoms with E-state index in [2.05, 4.69) is 0 Å². The first-order valence-electron chi connectivity index (χ1n) is 3.25. The fraction of sp³-hybridized carbons (Fsp3) is 0.125. The van der Waals surface area contributed by atoms with Gasteiger partial charge in [-0.2, -0.15) is 0 Å². The van der Waals surface area contributed by atoms with E-state index in [-0.39, 0.29) is 22.1 Å². The molecule has 0 amide bonds. The average molecular weight is 187 g/mol. The first kappa shape index (κ1) is 8.87. The highest BCUT2D eigenvalue weighted by Gasteiger charge is 2.12. The average Bonchev–Trinajstić information content (AvgIpc) is 2.00. The Morgan fingerprint density at radius 2 is 2.00 bits per heavy atom. The van der Waals surface area contributed by atoms with Gasteiger partial charge in [-0.05, 0) is 19.1 Å². The molecule has 0 aromatic heterocycles. The van der Waals surface area contributed by atoms with Gasteiger partial charge in [0, 0.05) is 5.56 Å². The van der Waals surface area contributed by atoms with Crippen LogP contribution in [0.4, 0.5) is 0 Å². The molecule has 1 aromatic carbocycles. The van der Waals surface area contributed by atoms with E-state index in [1.54, 1.807) is 0 Å². The second-order valence-electron chi connectivity index (χ2n) is 2.35. The Hall–Kier alpha value is -1.22. The molecule has 0 bridgehead atoms. The number of carbonyl (C=O) groups excluding carboxylic acids is 1. The quantitative estimate of drug-likeness (QED) is 0.521. The van der Waals surface area contributed by atoms with E-state index >= 15 is 0 Å². The molecule has 2 N–H and O–H groups in total. The van der Waals surface area contributed by atoms with Gasteiger partial charge in [0.2, 0.25) is 0 Å². The van der Waals surface area contributed by atoms with Crippen LogP contribution in [0.5, 0.6) is 11.5 Å². The monoisotopic (exact) mass is 186 g/mol. The van der Waals surface area contributed by atoms with E-state index in [1.807, 2.05) is 0 Å². The molecule has 3 nitrogen and oxygen atoms in total. The fourth-order valence-electron chi connectivity index (χ4n) is 0.826. The summed E-state index contributed by atoms with van der Waals surface area (Å²) in [7, 11) is 0. The number of ketones is 1. The van der Waals surface area contributed by atoms with Crippen LogP contribution in [0.25, 0.3) is 0 Å². The Balaban J connectivity index is 3.36. The molecule has 12 heavy (non-hydrogen) atoms. The van der Waals surface area contributed by atoms with E-state index in [9.17, 15) is 4.79 Å². The summed E-state index contributed by atoms with van der Waals surface area (Å²) in [6.45, 7) is 1.33. The summed E-state index contributed by atoms with van der Waals surface area (Å²) < 4.78 is 0. The molecule has 0 fully saturated rings. The van der Waals surface area contributed by atoms with E-state index in [1.165, 1.54) is 19.1 Å². The smallest absolute Gasteiger partial charge is 0.177 e. The predicted molar refractivity (Wildman–Crippen MR) is 44.8 cm³/mol.